The largest absolute Gasteiger partial charge is 0.497 e. The molecule has 31 heavy (non-hydrogen) atoms. The number of hydrogen-bond donors (Lipinski definition) is 1. The number of methoxy groups -OCH3 is 1. The summed E-state index contributed by atoms with van der Waals surface area (Å²) in [6, 6.07) is 20.1. The van der Waals surface area contributed by atoms with E-state index in [1.54, 1.807) is 30.3 Å². The lowest BCUT2D eigenvalue weighted by Crippen LogP contribution is -2.33. The van der Waals surface area contributed by atoms with Crippen LogP contribution in [0.5, 0.6) is 11.6 Å². The van der Waals surface area contributed by atoms with Gasteiger partial charge in [-0.25, -0.2) is 9.67 Å². The summed E-state index contributed by atoms with van der Waals surface area (Å²) in [4.78, 5) is 19.4. The van der Waals surface area contributed by atoms with E-state index < -0.39 is 0 Å². The number of carbonyl (C=O) groups is 1. The van der Waals surface area contributed by atoms with Gasteiger partial charge in [0.15, 0.2) is 0 Å². The van der Waals surface area contributed by atoms with Crippen LogP contribution in [0.3, 0.4) is 0 Å². The van der Waals surface area contributed by atoms with Crippen molar-refractivity contribution in [1.29, 1.82) is 0 Å². The number of aromatic nitrogens is 3. The maximum Gasteiger partial charge on any atom is 0.259 e. The summed E-state index contributed by atoms with van der Waals surface area (Å²) in [7, 11) is 1.61. The SMILES string of the molecule is COc1ccc(-n2nc3c(c2O)CCN(C(=O)c2ccccc2)c2ncccc2-3)cc1. The van der Waals surface area contributed by atoms with Crippen molar-refractivity contribution in [3.05, 3.63) is 84.1 Å². The molecule has 3 heterocycles. The highest BCUT2D eigenvalue weighted by atomic mass is 16.5. The number of nitrogens with zero attached hydrogens (tertiary/aromatic N) is 4. The summed E-state index contributed by atoms with van der Waals surface area (Å²) in [5.74, 6) is 1.19. The second-order valence-electron chi connectivity index (χ2n) is 7.21. The van der Waals surface area contributed by atoms with Gasteiger partial charge in [0.1, 0.15) is 17.3 Å². The fraction of sp³-hybridized carbons (Fsp3) is 0.125. The van der Waals surface area contributed by atoms with Crippen LogP contribution in [0.1, 0.15) is 15.9 Å². The molecule has 0 radical (unpaired) electrons. The topological polar surface area (TPSA) is 80.5 Å². The second kappa shape index (κ2) is 7.60. The third-order valence-electron chi connectivity index (χ3n) is 5.42. The standard InChI is InChI=1S/C24H20N4O3/c1-31-18-11-9-17(10-12-18)28-24(30)20-13-15-27(23(29)16-6-3-2-4-7-16)22-19(21(20)26-28)8-5-14-25-22/h2-12,14,30H,13,15H2,1H3. The molecule has 1 amide bonds. The Balaban J connectivity index is 1.60. The molecule has 2 aromatic carbocycles. The summed E-state index contributed by atoms with van der Waals surface area (Å²) < 4.78 is 6.72. The molecule has 7 nitrogen and oxygen atoms in total. The molecule has 154 valence electrons. The van der Waals surface area contributed by atoms with E-state index >= 15 is 0 Å². The number of carbonyl (C=O) groups excluding carboxylic acids is 1. The van der Waals surface area contributed by atoms with Crippen molar-refractivity contribution >= 4 is 11.7 Å². The predicted octanol–water partition coefficient (Wildman–Crippen LogP) is 3.85. The smallest absolute Gasteiger partial charge is 0.259 e. The zero-order chi connectivity index (χ0) is 21.4. The zero-order valence-corrected chi connectivity index (χ0v) is 16.9. The van der Waals surface area contributed by atoms with Crippen LogP contribution in [0, 0.1) is 0 Å². The Labute approximate surface area is 179 Å². The highest BCUT2D eigenvalue weighted by molar-refractivity contribution is 6.07. The molecule has 0 atom stereocenters. The number of fused-ring (bicyclic) bond motifs is 3. The third-order valence-corrected chi connectivity index (χ3v) is 5.42. The maximum absolute atomic E-state index is 13.2. The summed E-state index contributed by atoms with van der Waals surface area (Å²) in [5.41, 5.74) is 3.33. The van der Waals surface area contributed by atoms with Crippen molar-refractivity contribution in [2.45, 2.75) is 6.42 Å². The van der Waals surface area contributed by atoms with Gasteiger partial charge in [0.25, 0.3) is 5.91 Å². The van der Waals surface area contributed by atoms with Gasteiger partial charge in [-0.2, -0.15) is 5.10 Å². The van der Waals surface area contributed by atoms with Crippen LogP contribution in [0.25, 0.3) is 16.9 Å². The van der Waals surface area contributed by atoms with Gasteiger partial charge in [-0.15, -0.1) is 0 Å². The van der Waals surface area contributed by atoms with E-state index in [2.05, 4.69) is 4.98 Å². The molecule has 5 rings (SSSR count). The molecule has 0 saturated carbocycles. The monoisotopic (exact) mass is 412 g/mol. The molecule has 0 unspecified atom stereocenters. The summed E-state index contributed by atoms with van der Waals surface area (Å²) >= 11 is 0. The van der Waals surface area contributed by atoms with Gasteiger partial charge >= 0.3 is 0 Å². The van der Waals surface area contributed by atoms with Crippen molar-refractivity contribution in [2.24, 2.45) is 0 Å². The lowest BCUT2D eigenvalue weighted by Gasteiger charge is -2.21. The minimum atomic E-state index is -0.131. The molecule has 4 aromatic rings. The number of amides is 1. The highest BCUT2D eigenvalue weighted by Crippen LogP contribution is 2.39. The molecule has 1 N–H and O–H groups in total. The van der Waals surface area contributed by atoms with Gasteiger partial charge in [-0.3, -0.25) is 9.69 Å². The third kappa shape index (κ3) is 3.20. The average molecular weight is 412 g/mol. The van der Waals surface area contributed by atoms with E-state index in [9.17, 15) is 9.90 Å². The molecule has 1 aliphatic heterocycles. The number of rotatable bonds is 3. The highest BCUT2D eigenvalue weighted by Gasteiger charge is 2.30. The van der Waals surface area contributed by atoms with Crippen LogP contribution in [0.2, 0.25) is 0 Å². The van der Waals surface area contributed by atoms with E-state index in [0.29, 0.717) is 46.9 Å². The molecule has 0 fully saturated rings. The van der Waals surface area contributed by atoms with Crippen LogP contribution in [-0.2, 0) is 6.42 Å². The first kappa shape index (κ1) is 18.9. The number of aromatic hydroxyl groups is 1. The molecule has 2 aromatic heterocycles. The summed E-state index contributed by atoms with van der Waals surface area (Å²) in [6.45, 7) is 0.382. The minimum absolute atomic E-state index is 0.0592. The fourth-order valence-corrected chi connectivity index (χ4v) is 3.85. The van der Waals surface area contributed by atoms with Crippen molar-refractivity contribution in [2.75, 3.05) is 18.6 Å². The van der Waals surface area contributed by atoms with Crippen LogP contribution in [-0.4, -0.2) is 39.4 Å². The molecule has 0 spiro atoms. The van der Waals surface area contributed by atoms with Gasteiger partial charge in [0.05, 0.1) is 12.8 Å². The molecular weight excluding hydrogens is 392 g/mol. The van der Waals surface area contributed by atoms with Crippen molar-refractivity contribution in [3.63, 3.8) is 0 Å². The van der Waals surface area contributed by atoms with Crippen molar-refractivity contribution < 1.29 is 14.6 Å². The Morgan fingerprint density at radius 2 is 1.81 bits per heavy atom. The minimum Gasteiger partial charge on any atom is -0.497 e. The number of pyridine rings is 1. The van der Waals surface area contributed by atoms with E-state index in [1.807, 2.05) is 54.6 Å². The van der Waals surface area contributed by atoms with Crippen molar-refractivity contribution in [1.82, 2.24) is 14.8 Å². The Kier molecular flexibility index (Phi) is 4.63. The van der Waals surface area contributed by atoms with E-state index in [1.165, 1.54) is 4.68 Å². The molecule has 0 aliphatic carbocycles. The van der Waals surface area contributed by atoms with Crippen LogP contribution >= 0.6 is 0 Å². The van der Waals surface area contributed by atoms with Crippen LogP contribution < -0.4 is 9.64 Å². The first-order chi connectivity index (χ1) is 15.2. The maximum atomic E-state index is 13.2. The molecular formula is C24H20N4O3. The first-order valence-electron chi connectivity index (χ1n) is 9.95. The van der Waals surface area contributed by atoms with Crippen molar-refractivity contribution in [3.8, 4) is 28.6 Å². The Morgan fingerprint density at radius 3 is 2.55 bits per heavy atom. The van der Waals surface area contributed by atoms with E-state index in [0.717, 1.165) is 5.75 Å². The second-order valence-corrected chi connectivity index (χ2v) is 7.21. The Bertz CT molecular complexity index is 1250. The van der Waals surface area contributed by atoms with Gasteiger partial charge in [-0.05, 0) is 55.0 Å². The zero-order valence-electron chi connectivity index (χ0n) is 16.9. The number of ether oxygens (including phenoxy) is 1. The van der Waals surface area contributed by atoms with Gasteiger partial charge in [0.2, 0.25) is 5.88 Å². The number of anilines is 1. The molecule has 1 aliphatic rings. The fourth-order valence-electron chi connectivity index (χ4n) is 3.85. The van der Waals surface area contributed by atoms with Crippen LogP contribution in [0.4, 0.5) is 5.82 Å². The summed E-state index contributed by atoms with van der Waals surface area (Å²) in [5, 5.41) is 15.7. The average Bonchev–Trinajstić information content (AvgIpc) is 3.06. The molecule has 0 saturated heterocycles. The quantitative estimate of drug-likeness (QED) is 0.553. The predicted molar refractivity (Wildman–Crippen MR) is 117 cm³/mol. The van der Waals surface area contributed by atoms with E-state index in [4.69, 9.17) is 9.84 Å². The lowest BCUT2D eigenvalue weighted by molar-refractivity contribution is 0.0986. The normalized spacial score (nSPS) is 12.6. The number of hydrogen-bond acceptors (Lipinski definition) is 5. The van der Waals surface area contributed by atoms with Crippen LogP contribution in [0.15, 0.2) is 72.9 Å². The van der Waals surface area contributed by atoms with Gasteiger partial charge < -0.3 is 9.84 Å². The van der Waals surface area contributed by atoms with Gasteiger partial charge in [-0.1, -0.05) is 18.2 Å². The Morgan fingerprint density at radius 1 is 1.03 bits per heavy atom. The molecule has 7 heteroatoms. The first-order valence-corrected chi connectivity index (χ1v) is 9.95. The molecule has 0 bridgehead atoms. The lowest BCUT2D eigenvalue weighted by atomic mass is 10.1. The number of benzene rings is 2. The summed E-state index contributed by atoms with van der Waals surface area (Å²) in [6.07, 6.45) is 2.11. The Hall–Kier alpha value is -4.13. The van der Waals surface area contributed by atoms with E-state index in [-0.39, 0.29) is 11.8 Å². The van der Waals surface area contributed by atoms with Gasteiger partial charge in [0, 0.05) is 29.4 Å².